The van der Waals surface area contributed by atoms with Crippen molar-refractivity contribution < 1.29 is 0 Å². The highest BCUT2D eigenvalue weighted by Crippen LogP contribution is 2.09. The van der Waals surface area contributed by atoms with Gasteiger partial charge in [-0.2, -0.15) is 15.0 Å². The minimum absolute atomic E-state index is 0.504. The molecule has 3 aromatic rings. The molecule has 0 saturated carbocycles. The molecular formula is C12H14N8S. The van der Waals surface area contributed by atoms with Crippen LogP contribution in [0.4, 0.5) is 11.9 Å². The highest BCUT2D eigenvalue weighted by molar-refractivity contribution is 7.07. The molecule has 0 fully saturated rings. The van der Waals surface area contributed by atoms with E-state index in [1.54, 1.807) is 41.7 Å². The summed E-state index contributed by atoms with van der Waals surface area (Å²) in [5.41, 5.74) is 2.89. The van der Waals surface area contributed by atoms with E-state index >= 15 is 0 Å². The Morgan fingerprint density at radius 1 is 1.24 bits per heavy atom. The zero-order valence-corrected chi connectivity index (χ0v) is 12.2. The fourth-order valence-electron chi connectivity index (χ4n) is 1.71. The van der Waals surface area contributed by atoms with E-state index in [2.05, 4.69) is 35.6 Å². The number of nitrogens with one attached hydrogen (secondary N) is 2. The van der Waals surface area contributed by atoms with Crippen LogP contribution < -0.4 is 10.6 Å². The van der Waals surface area contributed by atoms with Crippen molar-refractivity contribution in [3.05, 3.63) is 35.3 Å². The van der Waals surface area contributed by atoms with Crippen LogP contribution in [0, 0.1) is 0 Å². The Morgan fingerprint density at radius 3 is 2.86 bits per heavy atom. The summed E-state index contributed by atoms with van der Waals surface area (Å²) in [5, 5.41) is 8.15. The Hall–Kier alpha value is -2.55. The Morgan fingerprint density at radius 2 is 2.14 bits per heavy atom. The summed E-state index contributed by atoms with van der Waals surface area (Å²) >= 11 is 1.59. The van der Waals surface area contributed by atoms with Crippen LogP contribution in [0.1, 0.15) is 5.69 Å². The predicted molar refractivity (Wildman–Crippen MR) is 80.8 cm³/mol. The number of aromatic nitrogens is 6. The van der Waals surface area contributed by atoms with Crippen LogP contribution in [0.3, 0.4) is 0 Å². The standard InChI is InChI=1S/C12H14N8S/c1-13-10-17-11(15-3-2-9-6-21-8-16-9)19-12(18-10)20-5-4-14-7-20/h4-8H,2-3H2,1H3,(H2,13,15,17,18,19). The van der Waals surface area contributed by atoms with Crippen molar-refractivity contribution in [1.82, 2.24) is 29.5 Å². The molecule has 8 nitrogen and oxygen atoms in total. The highest BCUT2D eigenvalue weighted by atomic mass is 32.1. The van der Waals surface area contributed by atoms with Gasteiger partial charge in [-0.05, 0) is 0 Å². The summed E-state index contributed by atoms with van der Waals surface area (Å²) in [6, 6.07) is 0. The SMILES string of the molecule is CNc1nc(NCCc2cscn2)nc(-n2ccnc2)n1. The summed E-state index contributed by atoms with van der Waals surface area (Å²) in [6.07, 6.45) is 5.93. The van der Waals surface area contributed by atoms with Crippen molar-refractivity contribution in [3.8, 4) is 5.95 Å². The van der Waals surface area contributed by atoms with E-state index in [1.165, 1.54) is 0 Å². The van der Waals surface area contributed by atoms with Crippen LogP contribution >= 0.6 is 11.3 Å². The predicted octanol–water partition coefficient (Wildman–Crippen LogP) is 1.21. The van der Waals surface area contributed by atoms with Crippen molar-refractivity contribution in [2.24, 2.45) is 0 Å². The minimum atomic E-state index is 0.504. The quantitative estimate of drug-likeness (QED) is 0.707. The molecule has 3 heterocycles. The maximum absolute atomic E-state index is 4.37. The molecular weight excluding hydrogens is 288 g/mol. The van der Waals surface area contributed by atoms with Crippen molar-refractivity contribution >= 4 is 23.2 Å². The second-order valence-electron chi connectivity index (χ2n) is 4.16. The van der Waals surface area contributed by atoms with Crippen LogP contribution in [-0.2, 0) is 6.42 Å². The van der Waals surface area contributed by atoms with Gasteiger partial charge in [0, 0.05) is 37.8 Å². The summed E-state index contributed by atoms with van der Waals surface area (Å²) in [5.74, 6) is 1.54. The molecule has 3 aromatic heterocycles. The fourth-order valence-corrected chi connectivity index (χ4v) is 2.30. The first-order chi connectivity index (χ1) is 10.3. The summed E-state index contributed by atoms with van der Waals surface area (Å²) in [6.45, 7) is 0.709. The van der Waals surface area contributed by atoms with E-state index in [1.807, 2.05) is 10.9 Å². The van der Waals surface area contributed by atoms with Gasteiger partial charge in [0.15, 0.2) is 0 Å². The van der Waals surface area contributed by atoms with E-state index < -0.39 is 0 Å². The number of hydrogen-bond acceptors (Lipinski definition) is 8. The second kappa shape index (κ2) is 6.27. The van der Waals surface area contributed by atoms with Gasteiger partial charge in [0.2, 0.25) is 17.8 Å². The van der Waals surface area contributed by atoms with Crippen LogP contribution in [0.5, 0.6) is 0 Å². The lowest BCUT2D eigenvalue weighted by Crippen LogP contribution is -2.12. The third-order valence-corrected chi connectivity index (χ3v) is 3.37. The van der Waals surface area contributed by atoms with Crippen LogP contribution in [0.15, 0.2) is 29.6 Å². The Balaban J connectivity index is 1.73. The molecule has 0 unspecified atom stereocenters. The lowest BCUT2D eigenvalue weighted by atomic mass is 10.3. The number of thiazole rings is 1. The van der Waals surface area contributed by atoms with Gasteiger partial charge in [-0.15, -0.1) is 11.3 Å². The molecule has 0 aliphatic heterocycles. The fraction of sp³-hybridized carbons (Fsp3) is 0.250. The van der Waals surface area contributed by atoms with Gasteiger partial charge in [-0.1, -0.05) is 0 Å². The maximum atomic E-state index is 4.37. The van der Waals surface area contributed by atoms with Crippen molar-refractivity contribution in [2.75, 3.05) is 24.2 Å². The van der Waals surface area contributed by atoms with Crippen LogP contribution in [-0.4, -0.2) is 43.1 Å². The number of hydrogen-bond donors (Lipinski definition) is 2. The van der Waals surface area contributed by atoms with Crippen molar-refractivity contribution in [2.45, 2.75) is 6.42 Å². The average molecular weight is 302 g/mol. The Bertz CT molecular complexity index is 679. The molecule has 0 radical (unpaired) electrons. The number of anilines is 2. The molecule has 0 amide bonds. The first-order valence-electron chi connectivity index (χ1n) is 6.38. The smallest absolute Gasteiger partial charge is 0.241 e. The molecule has 0 spiro atoms. The largest absolute Gasteiger partial charge is 0.357 e. The van der Waals surface area contributed by atoms with Crippen LogP contribution in [0.25, 0.3) is 5.95 Å². The lowest BCUT2D eigenvalue weighted by molar-refractivity contribution is 0.882. The van der Waals surface area contributed by atoms with Gasteiger partial charge in [0.1, 0.15) is 6.33 Å². The van der Waals surface area contributed by atoms with Crippen molar-refractivity contribution in [3.63, 3.8) is 0 Å². The van der Waals surface area contributed by atoms with Crippen molar-refractivity contribution in [1.29, 1.82) is 0 Å². The third kappa shape index (κ3) is 3.31. The molecule has 21 heavy (non-hydrogen) atoms. The van der Waals surface area contributed by atoms with E-state index in [4.69, 9.17) is 0 Å². The first kappa shape index (κ1) is 13.4. The Kier molecular flexibility index (Phi) is 4.01. The van der Waals surface area contributed by atoms with E-state index in [-0.39, 0.29) is 0 Å². The average Bonchev–Trinajstić information content (AvgIpc) is 3.20. The van der Waals surface area contributed by atoms with Gasteiger partial charge in [-0.3, -0.25) is 4.57 Å². The lowest BCUT2D eigenvalue weighted by Gasteiger charge is -2.08. The molecule has 9 heteroatoms. The van der Waals surface area contributed by atoms with Gasteiger partial charge in [0.05, 0.1) is 11.2 Å². The van der Waals surface area contributed by atoms with Gasteiger partial charge < -0.3 is 10.6 Å². The van der Waals surface area contributed by atoms with Gasteiger partial charge in [-0.25, -0.2) is 9.97 Å². The van der Waals surface area contributed by atoms with E-state index in [9.17, 15) is 0 Å². The molecule has 0 aliphatic rings. The van der Waals surface area contributed by atoms with Crippen LogP contribution in [0.2, 0.25) is 0 Å². The van der Waals surface area contributed by atoms with E-state index in [0.29, 0.717) is 24.4 Å². The van der Waals surface area contributed by atoms with Gasteiger partial charge in [0.25, 0.3) is 0 Å². The summed E-state index contributed by atoms with van der Waals surface area (Å²) in [7, 11) is 1.77. The Labute approximate surface area is 125 Å². The summed E-state index contributed by atoms with van der Waals surface area (Å²) in [4.78, 5) is 21.2. The topological polar surface area (TPSA) is 93.4 Å². The summed E-state index contributed by atoms with van der Waals surface area (Å²) < 4.78 is 1.73. The third-order valence-electron chi connectivity index (χ3n) is 2.73. The molecule has 108 valence electrons. The first-order valence-corrected chi connectivity index (χ1v) is 7.32. The number of rotatable bonds is 6. The molecule has 0 aliphatic carbocycles. The number of nitrogens with zero attached hydrogens (tertiary/aromatic N) is 6. The number of imidazole rings is 1. The van der Waals surface area contributed by atoms with Gasteiger partial charge >= 0.3 is 0 Å². The highest BCUT2D eigenvalue weighted by Gasteiger charge is 2.07. The molecule has 3 rings (SSSR count). The molecule has 0 aromatic carbocycles. The van der Waals surface area contributed by atoms with E-state index in [0.717, 1.165) is 12.1 Å². The zero-order valence-electron chi connectivity index (χ0n) is 11.4. The second-order valence-corrected chi connectivity index (χ2v) is 4.88. The maximum Gasteiger partial charge on any atom is 0.241 e. The molecule has 0 bridgehead atoms. The zero-order chi connectivity index (χ0) is 14.5. The normalized spacial score (nSPS) is 10.5. The molecule has 2 N–H and O–H groups in total. The monoisotopic (exact) mass is 302 g/mol. The molecule has 0 saturated heterocycles. The minimum Gasteiger partial charge on any atom is -0.357 e. The molecule has 0 atom stereocenters.